The molecule has 0 unspecified atom stereocenters. The largest absolute Gasteiger partial charge is 0.444 e. The predicted octanol–water partition coefficient (Wildman–Crippen LogP) is 4.50. The minimum atomic E-state index is -0.599. The van der Waals surface area contributed by atoms with Gasteiger partial charge in [-0.05, 0) is 44.5 Å². The molecular formula is C21H19NO4. The molecule has 0 saturated heterocycles. The number of allylic oxidation sites excluding steroid dienone is 1. The predicted molar refractivity (Wildman–Crippen MR) is 99.4 cm³/mol. The average molecular weight is 349 g/mol. The van der Waals surface area contributed by atoms with Crippen molar-refractivity contribution in [3.8, 4) is 0 Å². The Kier molecular flexibility index (Phi) is 4.47. The van der Waals surface area contributed by atoms with E-state index in [2.05, 4.69) is 5.32 Å². The van der Waals surface area contributed by atoms with Crippen LogP contribution in [0.1, 0.15) is 47.1 Å². The summed E-state index contributed by atoms with van der Waals surface area (Å²) in [6.07, 6.45) is 0.980. The fourth-order valence-electron chi connectivity index (χ4n) is 2.70. The van der Waals surface area contributed by atoms with Gasteiger partial charge in [0.05, 0.1) is 5.57 Å². The first-order valence-corrected chi connectivity index (χ1v) is 8.25. The minimum Gasteiger partial charge on any atom is -0.444 e. The summed E-state index contributed by atoms with van der Waals surface area (Å²) >= 11 is 0. The molecule has 0 heterocycles. The van der Waals surface area contributed by atoms with Gasteiger partial charge in [0, 0.05) is 16.8 Å². The van der Waals surface area contributed by atoms with Gasteiger partial charge in [-0.25, -0.2) is 4.79 Å². The van der Waals surface area contributed by atoms with Crippen LogP contribution in [0.4, 0.5) is 10.5 Å². The van der Waals surface area contributed by atoms with E-state index in [1.807, 2.05) is 0 Å². The van der Waals surface area contributed by atoms with Crippen molar-refractivity contribution in [2.75, 3.05) is 5.32 Å². The van der Waals surface area contributed by atoms with E-state index in [1.165, 1.54) is 0 Å². The third-order valence-electron chi connectivity index (χ3n) is 3.75. The van der Waals surface area contributed by atoms with Crippen LogP contribution >= 0.6 is 0 Å². The molecule has 3 rings (SSSR count). The van der Waals surface area contributed by atoms with Crippen molar-refractivity contribution in [1.82, 2.24) is 0 Å². The third kappa shape index (κ3) is 3.72. The van der Waals surface area contributed by atoms with Crippen molar-refractivity contribution in [1.29, 1.82) is 0 Å². The lowest BCUT2D eigenvalue weighted by molar-refractivity contribution is 0.0635. The van der Waals surface area contributed by atoms with Gasteiger partial charge in [-0.2, -0.15) is 0 Å². The van der Waals surface area contributed by atoms with Gasteiger partial charge in [0.1, 0.15) is 5.60 Å². The Hall–Kier alpha value is -3.21. The molecule has 26 heavy (non-hydrogen) atoms. The molecule has 2 aromatic rings. The number of amides is 1. The van der Waals surface area contributed by atoms with Gasteiger partial charge >= 0.3 is 6.09 Å². The summed E-state index contributed by atoms with van der Waals surface area (Å²) in [5.41, 5.74) is 1.53. The molecule has 0 bridgehead atoms. The van der Waals surface area contributed by atoms with E-state index in [1.54, 1.807) is 75.4 Å². The van der Waals surface area contributed by atoms with E-state index in [0.29, 0.717) is 22.4 Å². The van der Waals surface area contributed by atoms with Crippen molar-refractivity contribution < 1.29 is 19.1 Å². The molecule has 0 atom stereocenters. The summed E-state index contributed by atoms with van der Waals surface area (Å²) < 4.78 is 5.22. The number of carbonyl (C=O) groups is 3. The van der Waals surface area contributed by atoms with Crippen molar-refractivity contribution in [2.24, 2.45) is 0 Å². The molecule has 5 nitrogen and oxygen atoms in total. The Balaban J connectivity index is 1.84. The maximum Gasteiger partial charge on any atom is 0.412 e. The van der Waals surface area contributed by atoms with Crippen molar-refractivity contribution in [3.05, 3.63) is 70.8 Å². The first-order valence-electron chi connectivity index (χ1n) is 8.25. The van der Waals surface area contributed by atoms with E-state index >= 15 is 0 Å². The Morgan fingerprint density at radius 3 is 2.15 bits per heavy atom. The summed E-state index contributed by atoms with van der Waals surface area (Å²) in [5, 5.41) is 2.64. The third-order valence-corrected chi connectivity index (χ3v) is 3.75. The van der Waals surface area contributed by atoms with E-state index < -0.39 is 11.7 Å². The second-order valence-electron chi connectivity index (χ2n) is 7.01. The molecule has 2 aromatic carbocycles. The first kappa shape index (κ1) is 17.6. The molecule has 1 amide bonds. The zero-order valence-corrected chi connectivity index (χ0v) is 14.8. The zero-order valence-electron chi connectivity index (χ0n) is 14.8. The minimum absolute atomic E-state index is 0.126. The van der Waals surface area contributed by atoms with Crippen LogP contribution in [0.5, 0.6) is 0 Å². The Bertz CT molecular complexity index is 898. The normalized spacial score (nSPS) is 13.4. The number of ketones is 2. The van der Waals surface area contributed by atoms with E-state index in [4.69, 9.17) is 4.74 Å². The Labute approximate surface area is 151 Å². The number of Topliss-reactive ketones (excluding diaryl/α,β-unsaturated/α-hetero) is 2. The smallest absolute Gasteiger partial charge is 0.412 e. The lowest BCUT2D eigenvalue weighted by Crippen LogP contribution is -2.27. The summed E-state index contributed by atoms with van der Waals surface area (Å²) in [5.74, 6) is -0.563. The lowest BCUT2D eigenvalue weighted by atomic mass is 10.1. The molecule has 1 aliphatic carbocycles. The van der Waals surface area contributed by atoms with Crippen LogP contribution in [0.2, 0.25) is 0 Å². The molecule has 132 valence electrons. The molecule has 0 spiro atoms. The van der Waals surface area contributed by atoms with E-state index in [-0.39, 0.29) is 17.1 Å². The van der Waals surface area contributed by atoms with Crippen LogP contribution in [0.25, 0.3) is 6.08 Å². The highest BCUT2D eigenvalue weighted by Crippen LogP contribution is 2.28. The van der Waals surface area contributed by atoms with Crippen molar-refractivity contribution >= 4 is 29.4 Å². The fourth-order valence-corrected chi connectivity index (χ4v) is 2.70. The topological polar surface area (TPSA) is 72.5 Å². The molecule has 5 heteroatoms. The lowest BCUT2D eigenvalue weighted by Gasteiger charge is -2.19. The number of anilines is 1. The number of nitrogens with one attached hydrogen (secondary N) is 1. The second-order valence-corrected chi connectivity index (χ2v) is 7.01. The first-order chi connectivity index (χ1) is 12.2. The maximum absolute atomic E-state index is 12.5. The molecule has 1 N–H and O–H groups in total. The Morgan fingerprint density at radius 1 is 0.962 bits per heavy atom. The fraction of sp³-hybridized carbons (Fsp3) is 0.190. The van der Waals surface area contributed by atoms with Gasteiger partial charge in [-0.1, -0.05) is 36.4 Å². The molecule has 0 radical (unpaired) electrons. The SMILES string of the molecule is CC(C)(C)OC(=O)Nc1cccc(C=C2C(=O)c3ccccc3C2=O)c1. The zero-order chi connectivity index (χ0) is 18.9. The average Bonchev–Trinajstić information content (AvgIpc) is 2.79. The molecule has 0 aromatic heterocycles. The summed E-state index contributed by atoms with van der Waals surface area (Å²) in [7, 11) is 0. The van der Waals surface area contributed by atoms with Crippen molar-refractivity contribution in [2.45, 2.75) is 26.4 Å². The van der Waals surface area contributed by atoms with E-state index in [0.717, 1.165) is 0 Å². The van der Waals surface area contributed by atoms with Gasteiger partial charge < -0.3 is 4.74 Å². The van der Waals surface area contributed by atoms with E-state index in [9.17, 15) is 14.4 Å². The molecular weight excluding hydrogens is 330 g/mol. The van der Waals surface area contributed by atoms with Crippen LogP contribution in [0.3, 0.4) is 0 Å². The van der Waals surface area contributed by atoms with Crippen LogP contribution in [-0.2, 0) is 4.74 Å². The molecule has 0 saturated carbocycles. The van der Waals surface area contributed by atoms with Crippen LogP contribution in [0, 0.1) is 0 Å². The van der Waals surface area contributed by atoms with Gasteiger partial charge in [-0.3, -0.25) is 14.9 Å². The number of rotatable bonds is 2. The number of benzene rings is 2. The molecule has 0 fully saturated rings. The van der Waals surface area contributed by atoms with Crippen LogP contribution in [0.15, 0.2) is 54.1 Å². The Morgan fingerprint density at radius 2 is 1.58 bits per heavy atom. The monoisotopic (exact) mass is 349 g/mol. The quantitative estimate of drug-likeness (QED) is 0.640. The molecule has 0 aliphatic heterocycles. The highest BCUT2D eigenvalue weighted by molar-refractivity contribution is 6.41. The standard InChI is InChI=1S/C21H19NO4/c1-21(2,3)26-20(25)22-14-8-6-7-13(11-14)12-17-18(23)15-9-4-5-10-16(15)19(17)24/h4-12H,1-3H3,(H,22,25). The van der Waals surface area contributed by atoms with Gasteiger partial charge in [-0.15, -0.1) is 0 Å². The van der Waals surface area contributed by atoms with Crippen LogP contribution < -0.4 is 5.32 Å². The maximum atomic E-state index is 12.5. The summed E-state index contributed by atoms with van der Waals surface area (Å²) in [4.78, 5) is 36.8. The summed E-state index contributed by atoms with van der Waals surface area (Å²) in [6, 6.07) is 13.6. The number of fused-ring (bicyclic) bond motifs is 1. The van der Waals surface area contributed by atoms with Crippen LogP contribution in [-0.4, -0.2) is 23.3 Å². The summed E-state index contributed by atoms with van der Waals surface area (Å²) in [6.45, 7) is 5.34. The van der Waals surface area contributed by atoms with Gasteiger partial charge in [0.15, 0.2) is 11.6 Å². The van der Waals surface area contributed by atoms with Gasteiger partial charge in [0.2, 0.25) is 0 Å². The number of ether oxygens (including phenoxy) is 1. The number of hydrogen-bond donors (Lipinski definition) is 1. The number of carbonyl (C=O) groups excluding carboxylic acids is 3. The van der Waals surface area contributed by atoms with Gasteiger partial charge in [0.25, 0.3) is 0 Å². The second kappa shape index (κ2) is 6.59. The molecule has 1 aliphatic rings. The highest BCUT2D eigenvalue weighted by atomic mass is 16.6. The highest BCUT2D eigenvalue weighted by Gasteiger charge is 2.32. The number of hydrogen-bond acceptors (Lipinski definition) is 4. The van der Waals surface area contributed by atoms with Crippen molar-refractivity contribution in [3.63, 3.8) is 0 Å².